The maximum Gasteiger partial charge on any atom is 0.222 e. The van der Waals surface area contributed by atoms with Crippen molar-refractivity contribution in [2.24, 2.45) is 11.1 Å². The zero-order valence-corrected chi connectivity index (χ0v) is 10.6. The van der Waals surface area contributed by atoms with Crippen molar-refractivity contribution >= 4 is 5.91 Å². The Kier molecular flexibility index (Phi) is 3.97. The Morgan fingerprint density at radius 3 is 2.44 bits per heavy atom. The number of β-amino-alcohol motifs (C(OH)–C–C–N with tert-alkyl or cyclic N) is 1. The molecular weight excluding hydrogens is 204 g/mol. The third kappa shape index (κ3) is 3.76. The van der Waals surface area contributed by atoms with E-state index in [-0.39, 0.29) is 11.3 Å². The van der Waals surface area contributed by atoms with E-state index in [1.54, 1.807) is 11.8 Å². The number of nitrogens with two attached hydrogens (primary N) is 1. The molecule has 0 bridgehead atoms. The van der Waals surface area contributed by atoms with Crippen LogP contribution in [-0.4, -0.2) is 41.1 Å². The van der Waals surface area contributed by atoms with Gasteiger partial charge in [-0.3, -0.25) is 4.79 Å². The van der Waals surface area contributed by atoms with Crippen molar-refractivity contribution in [1.82, 2.24) is 4.90 Å². The summed E-state index contributed by atoms with van der Waals surface area (Å²) in [7, 11) is 0. The average Bonchev–Trinajstić information content (AvgIpc) is 2.10. The molecule has 4 heteroatoms. The van der Waals surface area contributed by atoms with Crippen molar-refractivity contribution in [1.29, 1.82) is 0 Å². The molecule has 4 nitrogen and oxygen atoms in total. The van der Waals surface area contributed by atoms with Crippen molar-refractivity contribution in [3.05, 3.63) is 0 Å². The fourth-order valence-corrected chi connectivity index (χ4v) is 2.07. The number of carbonyl (C=O) groups is 1. The van der Waals surface area contributed by atoms with E-state index in [9.17, 15) is 9.90 Å². The lowest BCUT2D eigenvalue weighted by Crippen LogP contribution is -2.61. The smallest absolute Gasteiger partial charge is 0.222 e. The molecule has 3 N–H and O–H groups in total. The van der Waals surface area contributed by atoms with E-state index >= 15 is 0 Å². The number of rotatable bonds is 5. The van der Waals surface area contributed by atoms with Gasteiger partial charge in [-0.15, -0.1) is 0 Å². The van der Waals surface area contributed by atoms with Crippen LogP contribution in [0, 0.1) is 5.41 Å². The minimum absolute atomic E-state index is 0.137. The van der Waals surface area contributed by atoms with Gasteiger partial charge in [-0.1, -0.05) is 13.8 Å². The zero-order valence-electron chi connectivity index (χ0n) is 10.6. The molecule has 94 valence electrons. The van der Waals surface area contributed by atoms with Crippen molar-refractivity contribution in [3.63, 3.8) is 0 Å². The largest absolute Gasteiger partial charge is 0.386 e. The van der Waals surface area contributed by atoms with E-state index in [0.717, 1.165) is 12.8 Å². The Morgan fingerprint density at radius 1 is 1.44 bits per heavy atom. The molecule has 0 saturated carbocycles. The van der Waals surface area contributed by atoms with Gasteiger partial charge in [-0.25, -0.2) is 0 Å². The lowest BCUT2D eigenvalue weighted by molar-refractivity contribution is -0.152. The maximum atomic E-state index is 11.7. The maximum absolute atomic E-state index is 11.7. The van der Waals surface area contributed by atoms with E-state index in [1.165, 1.54) is 0 Å². The van der Waals surface area contributed by atoms with Crippen molar-refractivity contribution in [3.8, 4) is 0 Å². The summed E-state index contributed by atoms with van der Waals surface area (Å²) in [6.45, 7) is 7.65. The second-order valence-electron chi connectivity index (χ2n) is 5.95. The second kappa shape index (κ2) is 4.72. The van der Waals surface area contributed by atoms with E-state index in [0.29, 0.717) is 26.1 Å². The quantitative estimate of drug-likeness (QED) is 0.729. The molecule has 0 atom stereocenters. The van der Waals surface area contributed by atoms with Gasteiger partial charge in [0.2, 0.25) is 5.91 Å². The molecule has 0 aromatic carbocycles. The molecule has 1 aliphatic rings. The molecule has 0 aliphatic carbocycles. The van der Waals surface area contributed by atoms with Crippen LogP contribution < -0.4 is 5.73 Å². The van der Waals surface area contributed by atoms with Crippen LogP contribution >= 0.6 is 0 Å². The van der Waals surface area contributed by atoms with Crippen LogP contribution in [-0.2, 0) is 4.79 Å². The molecule has 1 saturated heterocycles. The zero-order chi connectivity index (χ0) is 12.4. The summed E-state index contributed by atoms with van der Waals surface area (Å²) in [4.78, 5) is 13.5. The first-order valence-corrected chi connectivity index (χ1v) is 5.96. The second-order valence-corrected chi connectivity index (χ2v) is 5.95. The number of hydrogen-bond acceptors (Lipinski definition) is 3. The minimum atomic E-state index is -0.664. The number of likely N-dealkylation sites (tertiary alicyclic amines) is 1. The highest BCUT2D eigenvalue weighted by Gasteiger charge is 2.39. The molecule has 0 aromatic rings. The molecule has 1 aliphatic heterocycles. The lowest BCUT2D eigenvalue weighted by Gasteiger charge is -2.44. The van der Waals surface area contributed by atoms with Crippen LogP contribution in [0.5, 0.6) is 0 Å². The monoisotopic (exact) mass is 228 g/mol. The first-order chi connectivity index (χ1) is 7.26. The van der Waals surface area contributed by atoms with Crippen LogP contribution in [0.1, 0.15) is 40.0 Å². The van der Waals surface area contributed by atoms with Gasteiger partial charge in [0.15, 0.2) is 0 Å². The van der Waals surface area contributed by atoms with Gasteiger partial charge in [0.05, 0.1) is 18.7 Å². The fourth-order valence-electron chi connectivity index (χ4n) is 2.07. The molecule has 0 spiro atoms. The Bertz CT molecular complexity index is 254. The standard InChI is InChI=1S/C12H24N2O2/c1-11(2,6-7-13)5-4-10(15)14-8-12(3,16)9-14/h16H,4-9,13H2,1-3H3. The summed E-state index contributed by atoms with van der Waals surface area (Å²) in [5, 5.41) is 9.53. The summed E-state index contributed by atoms with van der Waals surface area (Å²) in [6, 6.07) is 0. The van der Waals surface area contributed by atoms with Gasteiger partial charge in [0, 0.05) is 6.42 Å². The molecule has 1 rings (SSSR count). The number of hydrogen-bond donors (Lipinski definition) is 2. The average molecular weight is 228 g/mol. The highest BCUT2D eigenvalue weighted by Crippen LogP contribution is 2.28. The Morgan fingerprint density at radius 2 is 2.00 bits per heavy atom. The Hall–Kier alpha value is -0.610. The molecule has 0 aromatic heterocycles. The van der Waals surface area contributed by atoms with Crippen LogP contribution in [0.2, 0.25) is 0 Å². The summed E-state index contributed by atoms with van der Waals surface area (Å²) >= 11 is 0. The Labute approximate surface area is 97.8 Å². The molecule has 0 radical (unpaired) electrons. The van der Waals surface area contributed by atoms with Gasteiger partial charge in [-0.2, -0.15) is 0 Å². The minimum Gasteiger partial charge on any atom is -0.386 e. The van der Waals surface area contributed by atoms with Gasteiger partial charge >= 0.3 is 0 Å². The molecule has 0 unspecified atom stereocenters. The summed E-state index contributed by atoms with van der Waals surface area (Å²) in [5.74, 6) is 0.150. The normalized spacial score (nSPS) is 19.4. The SMILES string of the molecule is CC(C)(CCN)CCC(=O)N1CC(C)(O)C1. The van der Waals surface area contributed by atoms with E-state index in [2.05, 4.69) is 13.8 Å². The van der Waals surface area contributed by atoms with E-state index < -0.39 is 5.60 Å². The van der Waals surface area contributed by atoms with E-state index in [4.69, 9.17) is 5.73 Å². The van der Waals surface area contributed by atoms with Crippen molar-refractivity contribution in [2.75, 3.05) is 19.6 Å². The molecule has 16 heavy (non-hydrogen) atoms. The predicted molar refractivity (Wildman–Crippen MR) is 63.9 cm³/mol. The van der Waals surface area contributed by atoms with Crippen molar-refractivity contribution in [2.45, 2.75) is 45.6 Å². The highest BCUT2D eigenvalue weighted by atomic mass is 16.3. The highest BCUT2D eigenvalue weighted by molar-refractivity contribution is 5.77. The van der Waals surface area contributed by atoms with Crippen molar-refractivity contribution < 1.29 is 9.90 Å². The van der Waals surface area contributed by atoms with Crippen LogP contribution in [0.15, 0.2) is 0 Å². The first-order valence-electron chi connectivity index (χ1n) is 5.96. The summed E-state index contributed by atoms with van der Waals surface area (Å²) in [6.07, 6.45) is 2.36. The first kappa shape index (κ1) is 13.5. The van der Waals surface area contributed by atoms with E-state index in [1.807, 2.05) is 0 Å². The number of amides is 1. The Balaban J connectivity index is 2.26. The predicted octanol–water partition coefficient (Wildman–Crippen LogP) is 0.735. The van der Waals surface area contributed by atoms with Gasteiger partial charge in [0.1, 0.15) is 0 Å². The number of aliphatic hydroxyl groups is 1. The van der Waals surface area contributed by atoms with Crippen LogP contribution in [0.4, 0.5) is 0 Å². The molecule has 1 heterocycles. The topological polar surface area (TPSA) is 66.6 Å². The fraction of sp³-hybridized carbons (Fsp3) is 0.917. The van der Waals surface area contributed by atoms with Gasteiger partial charge in [0.25, 0.3) is 0 Å². The van der Waals surface area contributed by atoms with Gasteiger partial charge < -0.3 is 15.7 Å². The van der Waals surface area contributed by atoms with Crippen LogP contribution in [0.3, 0.4) is 0 Å². The summed E-state index contributed by atoms with van der Waals surface area (Å²) in [5.41, 5.74) is 5.00. The number of nitrogens with zero attached hydrogens (tertiary/aromatic N) is 1. The van der Waals surface area contributed by atoms with Gasteiger partial charge in [-0.05, 0) is 31.7 Å². The molecular formula is C12H24N2O2. The molecule has 1 fully saturated rings. The summed E-state index contributed by atoms with van der Waals surface area (Å²) < 4.78 is 0. The molecule has 1 amide bonds. The van der Waals surface area contributed by atoms with Crippen LogP contribution in [0.25, 0.3) is 0 Å². The third-order valence-corrected chi connectivity index (χ3v) is 3.25. The number of carbonyl (C=O) groups excluding carboxylic acids is 1. The lowest BCUT2D eigenvalue weighted by atomic mass is 9.84. The third-order valence-electron chi connectivity index (χ3n) is 3.25.